The maximum atomic E-state index is 13.4. The summed E-state index contributed by atoms with van der Waals surface area (Å²) in [6, 6.07) is 6.52. The van der Waals surface area contributed by atoms with E-state index in [-0.39, 0.29) is 11.2 Å². The van der Waals surface area contributed by atoms with E-state index in [1.54, 1.807) is 6.07 Å². The van der Waals surface area contributed by atoms with Gasteiger partial charge in [-0.2, -0.15) is 0 Å². The number of nitrogens with one attached hydrogen (secondary N) is 1. The molecule has 0 aliphatic heterocycles. The number of aromatic nitrogens is 2. The van der Waals surface area contributed by atoms with Crippen molar-refractivity contribution >= 4 is 12.2 Å². The van der Waals surface area contributed by atoms with Crippen LogP contribution in [0, 0.1) is 17.4 Å². The zero-order valence-corrected chi connectivity index (χ0v) is 12.4. The maximum Gasteiger partial charge on any atom is 0.139 e. The second kappa shape index (κ2) is 4.85. The van der Waals surface area contributed by atoms with Crippen molar-refractivity contribution in [3.05, 3.63) is 46.0 Å². The number of nitrogens with zero attached hydrogens (tertiary/aromatic N) is 1. The van der Waals surface area contributed by atoms with E-state index in [1.807, 2.05) is 13.0 Å². The second-order valence-corrected chi connectivity index (χ2v) is 6.11. The molecule has 0 amide bonds. The average Bonchev–Trinajstić information content (AvgIpc) is 2.30. The topological polar surface area (TPSA) is 28.7 Å². The number of halogens is 1. The molecule has 0 aliphatic carbocycles. The summed E-state index contributed by atoms with van der Waals surface area (Å²) in [5.74, 6) is 0.345. The Kier molecular flexibility index (Phi) is 3.54. The zero-order valence-electron chi connectivity index (χ0n) is 11.5. The summed E-state index contributed by atoms with van der Waals surface area (Å²) in [5, 5.41) is 0. The summed E-state index contributed by atoms with van der Waals surface area (Å²) in [6.07, 6.45) is 0. The van der Waals surface area contributed by atoms with E-state index in [1.165, 1.54) is 12.1 Å². The minimum absolute atomic E-state index is 0.0630. The average molecular weight is 276 g/mol. The van der Waals surface area contributed by atoms with Crippen LogP contribution >= 0.6 is 12.2 Å². The van der Waals surface area contributed by atoms with Crippen molar-refractivity contribution in [1.82, 2.24) is 9.97 Å². The van der Waals surface area contributed by atoms with Crippen molar-refractivity contribution in [2.45, 2.75) is 33.1 Å². The fourth-order valence-corrected chi connectivity index (χ4v) is 2.05. The van der Waals surface area contributed by atoms with E-state index in [0.717, 1.165) is 16.8 Å². The third kappa shape index (κ3) is 3.07. The molecule has 0 saturated heterocycles. The number of aromatic amines is 1. The van der Waals surface area contributed by atoms with Gasteiger partial charge in [0.1, 0.15) is 16.3 Å². The number of H-pyrrole nitrogens is 1. The summed E-state index contributed by atoms with van der Waals surface area (Å²) >= 11 is 5.21. The predicted molar refractivity (Wildman–Crippen MR) is 78.3 cm³/mol. The molecular formula is C15H17FN2S. The van der Waals surface area contributed by atoms with E-state index in [4.69, 9.17) is 12.2 Å². The quantitative estimate of drug-likeness (QED) is 0.774. The van der Waals surface area contributed by atoms with Gasteiger partial charge in [0.25, 0.3) is 0 Å². The molecule has 0 aliphatic rings. The standard InChI is InChI=1S/C15H17FN2S/c1-9-5-6-10(16)7-11(9)14-17-12(15(2,3)4)8-13(19)18-14/h5-8H,1-4H3,(H,17,18,19). The smallest absolute Gasteiger partial charge is 0.139 e. The maximum absolute atomic E-state index is 13.4. The summed E-state index contributed by atoms with van der Waals surface area (Å²) in [4.78, 5) is 7.58. The van der Waals surface area contributed by atoms with E-state index in [9.17, 15) is 4.39 Å². The van der Waals surface area contributed by atoms with Crippen LogP contribution in [0.15, 0.2) is 24.3 Å². The van der Waals surface area contributed by atoms with Crippen LogP contribution in [0.3, 0.4) is 0 Å². The molecular weight excluding hydrogens is 259 g/mol. The number of rotatable bonds is 1. The third-order valence-electron chi connectivity index (χ3n) is 3.01. The van der Waals surface area contributed by atoms with Crippen LogP contribution in [0.1, 0.15) is 32.0 Å². The molecule has 0 radical (unpaired) electrons. The Morgan fingerprint density at radius 3 is 2.53 bits per heavy atom. The van der Waals surface area contributed by atoms with Gasteiger partial charge in [-0.05, 0) is 30.7 Å². The molecule has 4 heteroatoms. The molecule has 0 saturated carbocycles. The lowest BCUT2D eigenvalue weighted by Gasteiger charge is -2.19. The van der Waals surface area contributed by atoms with Crippen molar-refractivity contribution in [2.75, 3.05) is 0 Å². The van der Waals surface area contributed by atoms with Gasteiger partial charge in [0.2, 0.25) is 0 Å². The second-order valence-electron chi connectivity index (χ2n) is 5.69. The van der Waals surface area contributed by atoms with Crippen LogP contribution < -0.4 is 0 Å². The van der Waals surface area contributed by atoms with Crippen molar-refractivity contribution in [3.63, 3.8) is 0 Å². The van der Waals surface area contributed by atoms with Crippen molar-refractivity contribution < 1.29 is 4.39 Å². The molecule has 100 valence electrons. The molecule has 0 atom stereocenters. The molecule has 0 spiro atoms. The highest BCUT2D eigenvalue weighted by atomic mass is 32.1. The third-order valence-corrected chi connectivity index (χ3v) is 3.21. The van der Waals surface area contributed by atoms with Crippen LogP contribution in [-0.2, 0) is 5.41 Å². The molecule has 1 heterocycles. The van der Waals surface area contributed by atoms with Crippen LogP contribution in [0.2, 0.25) is 0 Å². The van der Waals surface area contributed by atoms with E-state index < -0.39 is 0 Å². The first-order valence-corrected chi connectivity index (χ1v) is 6.56. The number of aryl methyl sites for hydroxylation is 1. The first kappa shape index (κ1) is 13.9. The molecule has 1 aromatic carbocycles. The monoisotopic (exact) mass is 276 g/mol. The molecule has 0 fully saturated rings. The van der Waals surface area contributed by atoms with Gasteiger partial charge in [-0.25, -0.2) is 9.37 Å². The Morgan fingerprint density at radius 2 is 1.89 bits per heavy atom. The highest BCUT2D eigenvalue weighted by molar-refractivity contribution is 7.71. The minimum Gasteiger partial charge on any atom is -0.343 e. The lowest BCUT2D eigenvalue weighted by molar-refractivity contribution is 0.567. The summed E-state index contributed by atoms with van der Waals surface area (Å²) < 4.78 is 13.9. The number of hydrogen-bond donors (Lipinski definition) is 1. The van der Waals surface area contributed by atoms with Crippen LogP contribution in [0.4, 0.5) is 4.39 Å². The van der Waals surface area contributed by atoms with Crippen molar-refractivity contribution in [3.8, 4) is 11.4 Å². The van der Waals surface area contributed by atoms with E-state index in [0.29, 0.717) is 10.5 Å². The molecule has 1 N–H and O–H groups in total. The molecule has 0 unspecified atom stereocenters. The molecule has 2 rings (SSSR count). The van der Waals surface area contributed by atoms with Crippen LogP contribution in [0.5, 0.6) is 0 Å². The zero-order chi connectivity index (χ0) is 14.2. The predicted octanol–water partition coefficient (Wildman–Crippen LogP) is 4.55. The Balaban J connectivity index is 2.66. The van der Waals surface area contributed by atoms with Gasteiger partial charge in [0, 0.05) is 16.7 Å². The summed E-state index contributed by atoms with van der Waals surface area (Å²) in [5.41, 5.74) is 2.64. The first-order chi connectivity index (χ1) is 8.77. The largest absolute Gasteiger partial charge is 0.343 e. The highest BCUT2D eigenvalue weighted by Gasteiger charge is 2.16. The van der Waals surface area contributed by atoms with Gasteiger partial charge in [-0.1, -0.05) is 39.1 Å². The Labute approximate surface area is 117 Å². The molecule has 2 aromatic rings. The molecule has 1 aromatic heterocycles. The van der Waals surface area contributed by atoms with Crippen molar-refractivity contribution in [1.29, 1.82) is 0 Å². The molecule has 19 heavy (non-hydrogen) atoms. The van der Waals surface area contributed by atoms with Crippen molar-refractivity contribution in [2.24, 2.45) is 0 Å². The van der Waals surface area contributed by atoms with E-state index >= 15 is 0 Å². The van der Waals surface area contributed by atoms with Gasteiger partial charge in [-0.15, -0.1) is 0 Å². The summed E-state index contributed by atoms with van der Waals surface area (Å²) in [7, 11) is 0. The molecule has 0 bridgehead atoms. The number of hydrogen-bond acceptors (Lipinski definition) is 2. The fraction of sp³-hybridized carbons (Fsp3) is 0.333. The van der Waals surface area contributed by atoms with Gasteiger partial charge in [0.15, 0.2) is 0 Å². The van der Waals surface area contributed by atoms with E-state index in [2.05, 4.69) is 30.7 Å². The van der Waals surface area contributed by atoms with Gasteiger partial charge >= 0.3 is 0 Å². The molecule has 2 nitrogen and oxygen atoms in total. The Morgan fingerprint density at radius 1 is 1.21 bits per heavy atom. The normalized spacial score (nSPS) is 11.6. The Bertz CT molecular complexity index is 669. The van der Waals surface area contributed by atoms with Crippen LogP contribution in [0.25, 0.3) is 11.4 Å². The SMILES string of the molecule is Cc1ccc(F)cc1-c1nc(=S)cc(C(C)(C)C)[nH]1. The van der Waals surface area contributed by atoms with Gasteiger partial charge < -0.3 is 4.98 Å². The van der Waals surface area contributed by atoms with Gasteiger partial charge in [-0.3, -0.25) is 0 Å². The Hall–Kier alpha value is -1.55. The van der Waals surface area contributed by atoms with Crippen LogP contribution in [-0.4, -0.2) is 9.97 Å². The minimum atomic E-state index is -0.275. The highest BCUT2D eigenvalue weighted by Crippen LogP contribution is 2.25. The lowest BCUT2D eigenvalue weighted by atomic mass is 9.92. The number of benzene rings is 1. The van der Waals surface area contributed by atoms with Gasteiger partial charge in [0.05, 0.1) is 0 Å². The first-order valence-electron chi connectivity index (χ1n) is 6.16. The fourth-order valence-electron chi connectivity index (χ4n) is 1.84. The summed E-state index contributed by atoms with van der Waals surface area (Å²) in [6.45, 7) is 8.21. The lowest BCUT2D eigenvalue weighted by Crippen LogP contribution is -2.14.